The van der Waals surface area contributed by atoms with Crippen LogP contribution in [-0.2, 0) is 0 Å². The average Bonchev–Trinajstić information content (AvgIpc) is 2.71. The highest BCUT2D eigenvalue weighted by molar-refractivity contribution is 6.09. The molecule has 1 heterocycles. The normalized spacial score (nSPS) is 10.6. The lowest BCUT2D eigenvalue weighted by molar-refractivity contribution is 0.0948. The Hall–Kier alpha value is -3.48. The maximum atomic E-state index is 12.3. The van der Waals surface area contributed by atoms with Gasteiger partial charge < -0.3 is 15.8 Å². The van der Waals surface area contributed by atoms with Gasteiger partial charge in [-0.05, 0) is 12.5 Å². The number of nitrogens with two attached hydrogens (primary N) is 1. The Morgan fingerprint density at radius 1 is 1.22 bits per heavy atom. The molecule has 27 heavy (non-hydrogen) atoms. The number of fused-ring (bicyclic) bond motifs is 1. The van der Waals surface area contributed by atoms with Crippen molar-refractivity contribution in [3.05, 3.63) is 47.7 Å². The highest BCUT2D eigenvalue weighted by atomic mass is 16.5. The van der Waals surface area contributed by atoms with E-state index in [1.54, 1.807) is 30.3 Å². The molecule has 0 radical (unpaired) electrons. The van der Waals surface area contributed by atoms with E-state index >= 15 is 0 Å². The van der Waals surface area contributed by atoms with Crippen molar-refractivity contribution in [2.24, 2.45) is 0 Å². The molecule has 7 heteroatoms. The zero-order chi connectivity index (χ0) is 19.4. The lowest BCUT2D eigenvalue weighted by Crippen LogP contribution is -2.26. The first-order valence-electron chi connectivity index (χ1n) is 8.58. The van der Waals surface area contributed by atoms with E-state index in [2.05, 4.69) is 15.5 Å². The van der Waals surface area contributed by atoms with Crippen molar-refractivity contribution in [3.8, 4) is 16.9 Å². The van der Waals surface area contributed by atoms with Crippen molar-refractivity contribution in [2.45, 2.75) is 13.3 Å². The quantitative estimate of drug-likeness (QED) is 0.651. The molecule has 1 amide bonds. The van der Waals surface area contributed by atoms with Gasteiger partial charge in [0, 0.05) is 28.6 Å². The number of hydrogen-bond donors (Lipinski definition) is 2. The Morgan fingerprint density at radius 3 is 2.70 bits per heavy atom. The Kier molecular flexibility index (Phi) is 5.30. The number of amides is 1. The third kappa shape index (κ3) is 3.31. The molecule has 0 saturated carbocycles. The zero-order valence-corrected chi connectivity index (χ0v) is 15.2. The van der Waals surface area contributed by atoms with Gasteiger partial charge in [-0.2, -0.15) is 0 Å². The van der Waals surface area contributed by atoms with Gasteiger partial charge >= 0.3 is 0 Å². The molecule has 3 aromatic rings. The summed E-state index contributed by atoms with van der Waals surface area (Å²) in [4.78, 5) is 23.8. The predicted octanol–water partition coefficient (Wildman–Crippen LogP) is 2.84. The van der Waals surface area contributed by atoms with Crippen LogP contribution in [0.25, 0.3) is 22.0 Å². The van der Waals surface area contributed by atoms with E-state index in [1.807, 2.05) is 13.0 Å². The fourth-order valence-electron chi connectivity index (χ4n) is 2.95. The molecule has 7 nitrogen and oxygen atoms in total. The summed E-state index contributed by atoms with van der Waals surface area (Å²) in [5, 5.41) is 11.6. The molecule has 0 fully saturated rings. The van der Waals surface area contributed by atoms with Gasteiger partial charge in [-0.15, -0.1) is 10.2 Å². The van der Waals surface area contributed by atoms with E-state index in [-0.39, 0.29) is 17.3 Å². The summed E-state index contributed by atoms with van der Waals surface area (Å²) >= 11 is 0. The van der Waals surface area contributed by atoms with Crippen LogP contribution in [0.15, 0.2) is 36.4 Å². The molecule has 3 N–H and O–H groups in total. The fraction of sp³-hybridized carbons (Fsp3) is 0.200. The number of hydrogen-bond acceptors (Lipinski definition) is 6. The average molecular weight is 364 g/mol. The third-order valence-electron chi connectivity index (χ3n) is 4.26. The van der Waals surface area contributed by atoms with Gasteiger partial charge in [-0.1, -0.05) is 37.3 Å². The van der Waals surface area contributed by atoms with Crippen LogP contribution >= 0.6 is 0 Å². The van der Waals surface area contributed by atoms with Crippen molar-refractivity contribution < 1.29 is 14.3 Å². The second kappa shape index (κ2) is 7.82. The molecule has 1 aromatic heterocycles. The van der Waals surface area contributed by atoms with Gasteiger partial charge in [0.2, 0.25) is 0 Å². The Morgan fingerprint density at radius 2 is 2.00 bits per heavy atom. The number of benzene rings is 2. The number of aromatic nitrogens is 2. The Balaban J connectivity index is 2.22. The van der Waals surface area contributed by atoms with Crippen LogP contribution in [0.1, 0.15) is 34.2 Å². The number of carbonyl (C=O) groups is 2. The number of ether oxygens (including phenoxy) is 1. The Labute approximate surface area is 156 Å². The molecule has 0 unspecified atom stereocenters. The van der Waals surface area contributed by atoms with Crippen molar-refractivity contribution in [3.63, 3.8) is 0 Å². The van der Waals surface area contributed by atoms with E-state index < -0.39 is 0 Å². The van der Waals surface area contributed by atoms with Crippen LogP contribution in [0.5, 0.6) is 5.75 Å². The minimum atomic E-state index is -0.361. The number of nitrogen functional groups attached to an aromatic ring is 1. The molecule has 0 bridgehead atoms. The molecule has 0 saturated heterocycles. The van der Waals surface area contributed by atoms with Crippen LogP contribution in [0, 0.1) is 0 Å². The first kappa shape index (κ1) is 18.3. The summed E-state index contributed by atoms with van der Waals surface area (Å²) in [6, 6.07) is 10.6. The van der Waals surface area contributed by atoms with E-state index in [9.17, 15) is 9.59 Å². The first-order valence-corrected chi connectivity index (χ1v) is 8.58. The van der Waals surface area contributed by atoms with Gasteiger partial charge in [0.25, 0.3) is 5.91 Å². The third-order valence-corrected chi connectivity index (χ3v) is 4.26. The summed E-state index contributed by atoms with van der Waals surface area (Å²) in [5.41, 5.74) is 8.78. The molecule has 2 aromatic carbocycles. The number of anilines is 1. The molecule has 0 aliphatic rings. The molecule has 0 spiro atoms. The molecule has 3 rings (SSSR count). The number of rotatable bonds is 6. The second-order valence-electron chi connectivity index (χ2n) is 5.96. The van der Waals surface area contributed by atoms with E-state index in [0.29, 0.717) is 39.9 Å². The molecule has 0 atom stereocenters. The maximum Gasteiger partial charge on any atom is 0.273 e. The van der Waals surface area contributed by atoms with Crippen LogP contribution in [0.4, 0.5) is 5.69 Å². The molecule has 0 aliphatic heterocycles. The number of nitrogens with one attached hydrogen (secondary N) is 1. The SMILES string of the molecule is CCCNC(=O)c1nnc2c(-c3c(C=O)cccc3OC)cccc2c1N. The van der Waals surface area contributed by atoms with Gasteiger partial charge in [0.05, 0.1) is 12.8 Å². The van der Waals surface area contributed by atoms with Crippen molar-refractivity contribution in [1.29, 1.82) is 0 Å². The summed E-state index contributed by atoms with van der Waals surface area (Å²) in [6.07, 6.45) is 1.57. The maximum absolute atomic E-state index is 12.3. The number of aldehydes is 1. The van der Waals surface area contributed by atoms with E-state index in [4.69, 9.17) is 10.5 Å². The zero-order valence-electron chi connectivity index (χ0n) is 15.2. The second-order valence-corrected chi connectivity index (χ2v) is 5.96. The summed E-state index contributed by atoms with van der Waals surface area (Å²) in [5.74, 6) is 0.178. The lowest BCUT2D eigenvalue weighted by atomic mass is 9.96. The van der Waals surface area contributed by atoms with Gasteiger partial charge in [0.1, 0.15) is 11.3 Å². The van der Waals surface area contributed by atoms with Crippen LogP contribution in [0.2, 0.25) is 0 Å². The smallest absolute Gasteiger partial charge is 0.273 e. The number of methoxy groups -OCH3 is 1. The van der Waals surface area contributed by atoms with E-state index in [1.165, 1.54) is 7.11 Å². The monoisotopic (exact) mass is 364 g/mol. The highest BCUT2D eigenvalue weighted by Gasteiger charge is 2.19. The van der Waals surface area contributed by atoms with Gasteiger partial charge in [-0.25, -0.2) is 0 Å². The van der Waals surface area contributed by atoms with E-state index in [0.717, 1.165) is 12.7 Å². The van der Waals surface area contributed by atoms with Gasteiger partial charge in [0.15, 0.2) is 12.0 Å². The number of nitrogens with zero attached hydrogens (tertiary/aromatic N) is 2. The largest absolute Gasteiger partial charge is 0.496 e. The van der Waals surface area contributed by atoms with Crippen molar-refractivity contribution >= 4 is 28.8 Å². The minimum Gasteiger partial charge on any atom is -0.496 e. The fourth-order valence-corrected chi connectivity index (χ4v) is 2.95. The Bertz CT molecular complexity index is 1020. The highest BCUT2D eigenvalue weighted by Crippen LogP contribution is 2.37. The van der Waals surface area contributed by atoms with Crippen LogP contribution in [0.3, 0.4) is 0 Å². The first-order chi connectivity index (χ1) is 13.1. The molecular formula is C20H20N4O3. The van der Waals surface area contributed by atoms with Crippen molar-refractivity contribution in [1.82, 2.24) is 15.5 Å². The van der Waals surface area contributed by atoms with Crippen LogP contribution in [-0.4, -0.2) is 36.0 Å². The molecule has 138 valence electrons. The standard InChI is InChI=1S/C20H20N4O3/c1-3-10-22-20(26)19-17(21)14-8-5-7-13(18(14)23-24-19)16-12(11-25)6-4-9-15(16)27-2/h4-9,11H,3,10H2,1-2H3,(H2,21,23)(H,22,26). The van der Waals surface area contributed by atoms with Crippen LogP contribution < -0.4 is 15.8 Å². The number of carbonyl (C=O) groups excluding carboxylic acids is 2. The lowest BCUT2D eigenvalue weighted by Gasteiger charge is -2.14. The molecule has 0 aliphatic carbocycles. The molecular weight excluding hydrogens is 344 g/mol. The predicted molar refractivity (Wildman–Crippen MR) is 104 cm³/mol. The summed E-state index contributed by atoms with van der Waals surface area (Å²) in [6.45, 7) is 2.49. The summed E-state index contributed by atoms with van der Waals surface area (Å²) in [7, 11) is 1.54. The topological polar surface area (TPSA) is 107 Å². The van der Waals surface area contributed by atoms with Crippen molar-refractivity contribution in [2.75, 3.05) is 19.4 Å². The van der Waals surface area contributed by atoms with Gasteiger partial charge in [-0.3, -0.25) is 9.59 Å². The minimum absolute atomic E-state index is 0.0868. The summed E-state index contributed by atoms with van der Waals surface area (Å²) < 4.78 is 5.43.